The summed E-state index contributed by atoms with van der Waals surface area (Å²) in [6, 6.07) is 21.7. The van der Waals surface area contributed by atoms with E-state index in [-0.39, 0.29) is 41.1 Å². The van der Waals surface area contributed by atoms with Crippen LogP contribution >= 0.6 is 24.8 Å². The molecule has 0 bridgehead atoms. The summed E-state index contributed by atoms with van der Waals surface area (Å²) in [5.74, 6) is 0. The molecule has 4 aliphatic carbocycles. The molecule has 0 amide bonds. The molecule has 1 atom stereocenters. The second-order valence-electron chi connectivity index (χ2n) is 17.6. The van der Waals surface area contributed by atoms with E-state index in [1.54, 1.807) is 3.28 Å². The van der Waals surface area contributed by atoms with Crippen molar-refractivity contribution in [2.75, 3.05) is 0 Å². The first-order chi connectivity index (χ1) is 20.9. The maximum atomic E-state index is 5.52. The van der Waals surface area contributed by atoms with E-state index < -0.39 is 18.3 Å². The summed E-state index contributed by atoms with van der Waals surface area (Å²) >= 11 is -4.18. The molecule has 0 saturated carbocycles. The summed E-state index contributed by atoms with van der Waals surface area (Å²) in [5.41, 5.74) is 16.4. The molecule has 0 N–H and O–H groups in total. The van der Waals surface area contributed by atoms with Crippen molar-refractivity contribution in [1.29, 1.82) is 0 Å². The van der Waals surface area contributed by atoms with E-state index in [0.29, 0.717) is 3.63 Å². The number of hydrogen-bond acceptors (Lipinski definition) is 0. The van der Waals surface area contributed by atoms with E-state index >= 15 is 0 Å². The van der Waals surface area contributed by atoms with Gasteiger partial charge in [0.15, 0.2) is 0 Å². The van der Waals surface area contributed by atoms with Gasteiger partial charge in [0, 0.05) is 0 Å². The Bertz CT molecular complexity index is 1990. The van der Waals surface area contributed by atoms with Crippen LogP contribution in [-0.4, -0.2) is 4.21 Å². The average molecular weight is 745 g/mol. The van der Waals surface area contributed by atoms with Crippen LogP contribution < -0.4 is 3.27 Å². The Hall–Kier alpha value is -2.05. The standard InChI is InChI=1S/C27H29.C9H13.C6H5.CH3.CH2.2ClH.Zr/c1-16-7-9-26(3,4)24-12-18-11-19-13-25-21(17(2)8-10-27(25,5)6)15-23(19)22(18)14-20(16)24;1-9(2,3)8-6-4-5-7-8;1-2-4-6-5-3-1;;;;;/h7-9,12-15H,10-11H2,1-6H3;6-7H,4H2,1-3H3;1-5H;1H3;1H2;2*1H;. The molecule has 0 spiro atoms. The van der Waals surface area contributed by atoms with E-state index in [2.05, 4.69) is 146 Å². The Morgan fingerprint density at radius 1 is 0.766 bits per heavy atom. The summed E-state index contributed by atoms with van der Waals surface area (Å²) < 4.78 is 11.7. The molecule has 3 heteroatoms. The molecule has 1 unspecified atom stereocenters. The van der Waals surface area contributed by atoms with Crippen molar-refractivity contribution in [3.8, 4) is 11.1 Å². The normalized spacial score (nSPS) is 20.6. The van der Waals surface area contributed by atoms with Gasteiger partial charge < -0.3 is 0 Å². The van der Waals surface area contributed by atoms with E-state index in [9.17, 15) is 0 Å². The van der Waals surface area contributed by atoms with E-state index in [4.69, 9.17) is 4.21 Å². The van der Waals surface area contributed by atoms with Crippen LogP contribution in [0.15, 0.2) is 87.8 Å². The second-order valence-corrected chi connectivity index (χ2v) is 32.5. The molecule has 0 heterocycles. The zero-order chi connectivity index (χ0) is 32.3. The number of fused-ring (bicyclic) bond motifs is 5. The van der Waals surface area contributed by atoms with Gasteiger partial charge in [0.1, 0.15) is 0 Å². The Balaban J connectivity index is 0.00000217. The molecule has 0 aromatic heterocycles. The van der Waals surface area contributed by atoms with Crippen molar-refractivity contribution in [2.24, 2.45) is 5.41 Å². The van der Waals surface area contributed by atoms with Crippen LogP contribution in [0.2, 0.25) is 8.26 Å². The quantitative estimate of drug-likeness (QED) is 0.196. The molecular formula is C44H54Cl2Zr. The van der Waals surface area contributed by atoms with Crippen molar-refractivity contribution in [3.05, 3.63) is 121 Å². The van der Waals surface area contributed by atoms with Crippen molar-refractivity contribution >= 4 is 43.4 Å². The van der Waals surface area contributed by atoms with Crippen molar-refractivity contribution in [3.63, 3.8) is 0 Å². The summed E-state index contributed by atoms with van der Waals surface area (Å²) in [6.07, 6.45) is 13.4. The molecule has 7 rings (SSSR count). The number of rotatable bonds is 3. The molecule has 0 saturated heterocycles. The fourth-order valence-corrected chi connectivity index (χ4v) is 25.0. The van der Waals surface area contributed by atoms with Crippen LogP contribution in [0.3, 0.4) is 0 Å². The minimum absolute atomic E-state index is 0. The van der Waals surface area contributed by atoms with Gasteiger partial charge >= 0.3 is 275 Å². The van der Waals surface area contributed by atoms with Gasteiger partial charge in [-0.05, 0) is 0 Å². The third-order valence-corrected chi connectivity index (χ3v) is 28.9. The fraction of sp³-hybridized carbons (Fsp3) is 0.386. The Kier molecular flexibility index (Phi) is 8.87. The van der Waals surface area contributed by atoms with Gasteiger partial charge in [-0.25, -0.2) is 0 Å². The molecule has 0 nitrogen and oxygen atoms in total. The molecule has 248 valence electrons. The van der Waals surface area contributed by atoms with Crippen LogP contribution in [0.1, 0.15) is 109 Å². The third kappa shape index (κ3) is 5.29. The van der Waals surface area contributed by atoms with Crippen LogP contribution in [-0.2, 0) is 35.5 Å². The van der Waals surface area contributed by atoms with Crippen LogP contribution in [0.5, 0.6) is 0 Å². The number of benzene rings is 3. The first-order valence-electron chi connectivity index (χ1n) is 17.2. The molecule has 0 fully saturated rings. The summed E-state index contributed by atoms with van der Waals surface area (Å²) in [4.78, 5) is 0. The van der Waals surface area contributed by atoms with Gasteiger partial charge in [-0.1, -0.05) is 0 Å². The van der Waals surface area contributed by atoms with Crippen molar-refractivity contribution in [2.45, 2.75) is 101 Å². The van der Waals surface area contributed by atoms with Gasteiger partial charge in [-0.15, -0.1) is 24.8 Å². The number of halogens is 2. The second kappa shape index (κ2) is 11.5. The van der Waals surface area contributed by atoms with Crippen LogP contribution in [0.4, 0.5) is 0 Å². The number of allylic oxidation sites excluding steroid dienone is 8. The molecule has 0 aliphatic heterocycles. The Morgan fingerprint density at radius 3 is 1.91 bits per heavy atom. The minimum atomic E-state index is -4.18. The van der Waals surface area contributed by atoms with Gasteiger partial charge in [0.25, 0.3) is 0 Å². The third-order valence-electron chi connectivity index (χ3n) is 12.6. The molecule has 3 aromatic carbocycles. The van der Waals surface area contributed by atoms with Gasteiger partial charge in [-0.2, -0.15) is 0 Å². The van der Waals surface area contributed by atoms with Gasteiger partial charge in [-0.3, -0.25) is 0 Å². The topological polar surface area (TPSA) is 0 Å². The first kappa shape index (κ1) is 36.2. The van der Waals surface area contributed by atoms with Gasteiger partial charge in [0.05, 0.1) is 0 Å². The Labute approximate surface area is 298 Å². The van der Waals surface area contributed by atoms with Gasteiger partial charge in [0.2, 0.25) is 0 Å². The molecular weight excluding hydrogens is 691 g/mol. The molecule has 3 aromatic rings. The van der Waals surface area contributed by atoms with E-state index in [1.807, 2.05) is 0 Å². The van der Waals surface area contributed by atoms with Crippen molar-refractivity contribution in [1.82, 2.24) is 0 Å². The average Bonchev–Trinajstić information content (AvgIpc) is 3.63. The maximum absolute atomic E-state index is 5.52. The van der Waals surface area contributed by atoms with Crippen LogP contribution in [0.25, 0.3) is 22.3 Å². The van der Waals surface area contributed by atoms with Crippen LogP contribution in [0, 0.1) is 5.41 Å². The first-order valence-corrected chi connectivity index (χ1v) is 25.2. The van der Waals surface area contributed by atoms with E-state index in [1.165, 1.54) is 64.5 Å². The molecule has 47 heavy (non-hydrogen) atoms. The molecule has 4 aliphatic rings. The zero-order valence-electron chi connectivity index (χ0n) is 30.2. The zero-order valence-corrected chi connectivity index (χ0v) is 34.3. The predicted octanol–water partition coefficient (Wildman–Crippen LogP) is 12.4. The Morgan fingerprint density at radius 2 is 1.34 bits per heavy atom. The molecule has 0 radical (unpaired) electrons. The van der Waals surface area contributed by atoms with Crippen molar-refractivity contribution < 1.29 is 18.3 Å². The summed E-state index contributed by atoms with van der Waals surface area (Å²) in [5, 5.41) is 0. The SMILES string of the molecule is Cl.Cl.[CH2]=[Zr]([CH3])([C]1=CC(C(C)(C)C)=CC1)([c]1ccccc1)[CH]1C=C(C)c2cc3c(cc2C1(C)C)Cc1cc2c(cc1-3)C(C)=CCC2(C)C. The monoisotopic (exact) mass is 742 g/mol. The predicted molar refractivity (Wildman–Crippen MR) is 210 cm³/mol. The summed E-state index contributed by atoms with van der Waals surface area (Å²) in [7, 11) is 0. The van der Waals surface area contributed by atoms with E-state index in [0.717, 1.165) is 19.3 Å². The number of hydrogen-bond donors (Lipinski definition) is 0. The summed E-state index contributed by atoms with van der Waals surface area (Å²) in [6.45, 7) is 21.6. The fourth-order valence-electron chi connectivity index (χ4n) is 9.58.